The van der Waals surface area contributed by atoms with Crippen LogP contribution in [0.3, 0.4) is 0 Å². The van der Waals surface area contributed by atoms with Gasteiger partial charge in [0.05, 0.1) is 16.3 Å². The van der Waals surface area contributed by atoms with Crippen LogP contribution in [-0.2, 0) is 9.84 Å². The summed E-state index contributed by atoms with van der Waals surface area (Å²) < 4.78 is 23.9. The quantitative estimate of drug-likeness (QED) is 0.624. The number of sulfone groups is 1. The Morgan fingerprint density at radius 2 is 1.92 bits per heavy atom. The van der Waals surface area contributed by atoms with E-state index in [2.05, 4.69) is 10.3 Å². The zero-order chi connectivity index (χ0) is 18.2. The Labute approximate surface area is 145 Å². The molecule has 0 bridgehead atoms. The molecule has 1 amide bonds. The van der Waals surface area contributed by atoms with Gasteiger partial charge in [0.2, 0.25) is 0 Å². The van der Waals surface area contributed by atoms with Gasteiger partial charge >= 0.3 is 0 Å². The van der Waals surface area contributed by atoms with Crippen LogP contribution in [0.15, 0.2) is 47.4 Å². The number of phenolic OH excluding ortho intramolecular Hbond substituents is 1. The molecule has 1 aromatic heterocycles. The molecule has 3 aromatic rings. The van der Waals surface area contributed by atoms with Crippen LogP contribution in [0.4, 0.5) is 5.69 Å². The van der Waals surface area contributed by atoms with Gasteiger partial charge in [0.1, 0.15) is 11.4 Å². The number of hydrogen-bond donors (Lipinski definition) is 3. The topological polar surface area (TPSA) is 99.3 Å². The fourth-order valence-corrected chi connectivity index (χ4v) is 3.43. The maximum atomic E-state index is 12.4. The summed E-state index contributed by atoms with van der Waals surface area (Å²) in [5.74, 6) is -0.724. The lowest BCUT2D eigenvalue weighted by atomic mass is 10.2. The van der Waals surface area contributed by atoms with Gasteiger partial charge in [-0.1, -0.05) is 19.1 Å². The number of hydrogen-bond acceptors (Lipinski definition) is 4. The molecule has 7 heteroatoms. The van der Waals surface area contributed by atoms with Crippen molar-refractivity contribution in [2.75, 3.05) is 11.1 Å². The average molecular weight is 358 g/mol. The van der Waals surface area contributed by atoms with E-state index in [1.165, 1.54) is 25.1 Å². The van der Waals surface area contributed by atoms with E-state index >= 15 is 0 Å². The van der Waals surface area contributed by atoms with Crippen molar-refractivity contribution in [3.8, 4) is 5.75 Å². The highest BCUT2D eigenvalue weighted by molar-refractivity contribution is 7.91. The highest BCUT2D eigenvalue weighted by Crippen LogP contribution is 2.28. The number of aromatic amines is 1. The molecule has 6 nitrogen and oxygen atoms in total. The zero-order valence-corrected chi connectivity index (χ0v) is 14.6. The predicted octanol–water partition coefficient (Wildman–Crippen LogP) is 3.23. The van der Waals surface area contributed by atoms with Crippen molar-refractivity contribution in [3.05, 3.63) is 53.7 Å². The smallest absolute Gasteiger partial charge is 0.272 e. The number of phenols is 1. The first-order valence-corrected chi connectivity index (χ1v) is 9.42. The number of fused-ring (bicyclic) bond motifs is 1. The van der Waals surface area contributed by atoms with Crippen LogP contribution < -0.4 is 5.32 Å². The summed E-state index contributed by atoms with van der Waals surface area (Å²) in [5, 5.41) is 13.4. The fraction of sp³-hybridized carbons (Fsp3) is 0.167. The Kier molecular flexibility index (Phi) is 4.26. The van der Waals surface area contributed by atoms with E-state index in [0.29, 0.717) is 5.69 Å². The Hall–Kier alpha value is -2.80. The third kappa shape index (κ3) is 3.36. The molecule has 3 rings (SSSR count). The van der Waals surface area contributed by atoms with Crippen molar-refractivity contribution >= 4 is 32.3 Å². The second-order valence-electron chi connectivity index (χ2n) is 5.81. The molecule has 3 N–H and O–H groups in total. The van der Waals surface area contributed by atoms with Crippen molar-refractivity contribution in [3.63, 3.8) is 0 Å². The maximum Gasteiger partial charge on any atom is 0.272 e. The average Bonchev–Trinajstić information content (AvgIpc) is 2.99. The van der Waals surface area contributed by atoms with Gasteiger partial charge in [-0.25, -0.2) is 8.42 Å². The van der Waals surface area contributed by atoms with E-state index in [0.717, 1.165) is 16.5 Å². The van der Waals surface area contributed by atoms with Gasteiger partial charge in [0.25, 0.3) is 5.91 Å². The number of benzene rings is 2. The molecule has 0 unspecified atom stereocenters. The van der Waals surface area contributed by atoms with E-state index in [-0.39, 0.29) is 22.1 Å². The molecule has 0 saturated carbocycles. The number of carbonyl (C=O) groups is 1. The summed E-state index contributed by atoms with van der Waals surface area (Å²) in [5.41, 5.74) is 2.27. The molecule has 1 heterocycles. The van der Waals surface area contributed by atoms with Crippen molar-refractivity contribution in [2.45, 2.75) is 18.7 Å². The first kappa shape index (κ1) is 17.0. The maximum absolute atomic E-state index is 12.4. The number of aromatic nitrogens is 1. The minimum absolute atomic E-state index is 0.0503. The SMILES string of the molecule is CCS(=O)(=O)c1ccc(O)c(NC(=O)c2cc3ccc(C)cc3[nH]2)c1. The number of nitrogens with one attached hydrogen (secondary N) is 2. The van der Waals surface area contributed by atoms with Gasteiger partial charge < -0.3 is 15.4 Å². The summed E-state index contributed by atoms with van der Waals surface area (Å²) in [6.07, 6.45) is 0. The highest BCUT2D eigenvalue weighted by atomic mass is 32.2. The highest BCUT2D eigenvalue weighted by Gasteiger charge is 2.16. The Morgan fingerprint density at radius 3 is 2.64 bits per heavy atom. The lowest BCUT2D eigenvalue weighted by Crippen LogP contribution is -2.13. The van der Waals surface area contributed by atoms with Gasteiger partial charge in [-0.05, 0) is 42.8 Å². The third-order valence-electron chi connectivity index (χ3n) is 3.98. The number of anilines is 1. The molecule has 0 fully saturated rings. The van der Waals surface area contributed by atoms with Gasteiger partial charge in [-0.2, -0.15) is 0 Å². The number of aryl methyl sites for hydroxylation is 1. The van der Waals surface area contributed by atoms with E-state index in [4.69, 9.17) is 0 Å². The van der Waals surface area contributed by atoms with Gasteiger partial charge in [-0.3, -0.25) is 4.79 Å². The minimum atomic E-state index is -3.43. The third-order valence-corrected chi connectivity index (χ3v) is 5.71. The van der Waals surface area contributed by atoms with E-state index in [9.17, 15) is 18.3 Å². The predicted molar refractivity (Wildman–Crippen MR) is 96.8 cm³/mol. The van der Waals surface area contributed by atoms with E-state index < -0.39 is 15.7 Å². The number of carbonyl (C=O) groups excluding carboxylic acids is 1. The summed E-state index contributed by atoms with van der Waals surface area (Å²) in [4.78, 5) is 15.5. The molecule has 2 aromatic carbocycles. The lowest BCUT2D eigenvalue weighted by Gasteiger charge is -2.09. The van der Waals surface area contributed by atoms with Crippen LogP contribution in [-0.4, -0.2) is 30.2 Å². The molecule has 0 aliphatic carbocycles. The molecule has 0 aliphatic heterocycles. The molecule has 25 heavy (non-hydrogen) atoms. The molecule has 0 aliphatic rings. The molecule has 0 spiro atoms. The van der Waals surface area contributed by atoms with Crippen LogP contribution in [0.2, 0.25) is 0 Å². The number of aromatic hydroxyl groups is 1. The molecule has 0 atom stereocenters. The second-order valence-corrected chi connectivity index (χ2v) is 8.09. The summed E-state index contributed by atoms with van der Waals surface area (Å²) in [6.45, 7) is 3.49. The van der Waals surface area contributed by atoms with Crippen LogP contribution in [0.25, 0.3) is 10.9 Å². The van der Waals surface area contributed by atoms with Crippen molar-refractivity contribution in [2.24, 2.45) is 0 Å². The summed E-state index contributed by atoms with van der Waals surface area (Å²) in [6, 6.07) is 11.3. The van der Waals surface area contributed by atoms with E-state index in [1.54, 1.807) is 6.07 Å². The minimum Gasteiger partial charge on any atom is -0.506 e. The van der Waals surface area contributed by atoms with Gasteiger partial charge in [0.15, 0.2) is 9.84 Å². The summed E-state index contributed by atoms with van der Waals surface area (Å²) in [7, 11) is -3.43. The largest absolute Gasteiger partial charge is 0.506 e. The molecule has 0 saturated heterocycles. The Balaban J connectivity index is 1.93. The molecular weight excluding hydrogens is 340 g/mol. The number of H-pyrrole nitrogens is 1. The monoisotopic (exact) mass is 358 g/mol. The van der Waals surface area contributed by atoms with Crippen molar-refractivity contribution < 1.29 is 18.3 Å². The Bertz CT molecular complexity index is 1070. The van der Waals surface area contributed by atoms with Crippen LogP contribution in [0, 0.1) is 6.92 Å². The Morgan fingerprint density at radius 1 is 1.16 bits per heavy atom. The fourth-order valence-electron chi connectivity index (χ4n) is 2.53. The van der Waals surface area contributed by atoms with Crippen LogP contribution in [0.1, 0.15) is 23.0 Å². The van der Waals surface area contributed by atoms with E-state index in [1.807, 2.05) is 25.1 Å². The number of rotatable bonds is 4. The van der Waals surface area contributed by atoms with Crippen molar-refractivity contribution in [1.29, 1.82) is 0 Å². The normalized spacial score (nSPS) is 11.6. The zero-order valence-electron chi connectivity index (χ0n) is 13.8. The number of amides is 1. The molecular formula is C18H18N2O4S. The lowest BCUT2D eigenvalue weighted by molar-refractivity contribution is 0.102. The van der Waals surface area contributed by atoms with Crippen LogP contribution >= 0.6 is 0 Å². The molecule has 130 valence electrons. The standard InChI is InChI=1S/C18H18N2O4S/c1-3-25(23,24)13-6-7-17(21)15(10-13)20-18(22)16-9-12-5-4-11(2)8-14(12)19-16/h4-10,19,21H,3H2,1-2H3,(H,20,22). The van der Waals surface area contributed by atoms with Gasteiger partial charge in [0, 0.05) is 10.9 Å². The second kappa shape index (κ2) is 6.25. The first-order valence-electron chi connectivity index (χ1n) is 7.76. The first-order chi connectivity index (χ1) is 11.8. The molecule has 0 radical (unpaired) electrons. The van der Waals surface area contributed by atoms with Crippen molar-refractivity contribution in [1.82, 2.24) is 4.98 Å². The summed E-state index contributed by atoms with van der Waals surface area (Å²) >= 11 is 0. The van der Waals surface area contributed by atoms with Crippen LogP contribution in [0.5, 0.6) is 5.75 Å². The van der Waals surface area contributed by atoms with Gasteiger partial charge in [-0.15, -0.1) is 0 Å².